The summed E-state index contributed by atoms with van der Waals surface area (Å²) in [6.07, 6.45) is 1.48. The van der Waals surface area contributed by atoms with Crippen LogP contribution in [-0.4, -0.2) is 64.5 Å². The minimum Gasteiger partial charge on any atom is -0.467 e. The lowest BCUT2D eigenvalue weighted by Gasteiger charge is -2.36. The van der Waals surface area contributed by atoms with E-state index >= 15 is 0 Å². The van der Waals surface area contributed by atoms with Crippen molar-refractivity contribution >= 4 is 17.6 Å². The molecular weight excluding hydrogens is 492 g/mol. The van der Waals surface area contributed by atoms with Crippen molar-refractivity contribution in [2.45, 2.75) is 6.54 Å². The van der Waals surface area contributed by atoms with E-state index in [1.807, 2.05) is 17.0 Å². The highest BCUT2D eigenvalue weighted by Gasteiger charge is 2.27. The second-order valence-corrected chi connectivity index (χ2v) is 8.87. The number of furan rings is 1. The molecule has 0 atom stereocenters. The molecule has 0 saturated carbocycles. The van der Waals surface area contributed by atoms with Crippen LogP contribution in [0.4, 0.5) is 14.6 Å². The van der Waals surface area contributed by atoms with Gasteiger partial charge in [0.2, 0.25) is 5.91 Å². The van der Waals surface area contributed by atoms with Gasteiger partial charge in [0.1, 0.15) is 23.9 Å². The number of nitrogens with zero attached hydrogens (tertiary/aromatic N) is 5. The Morgan fingerprint density at radius 3 is 2.29 bits per heavy atom. The molecule has 0 bridgehead atoms. The number of rotatable bonds is 7. The molecule has 1 saturated heterocycles. The lowest BCUT2D eigenvalue weighted by Crippen LogP contribution is -2.52. The molecule has 3 heterocycles. The van der Waals surface area contributed by atoms with E-state index in [1.165, 1.54) is 41.5 Å². The molecule has 0 radical (unpaired) electrons. The first-order chi connectivity index (χ1) is 18.5. The van der Waals surface area contributed by atoms with Crippen molar-refractivity contribution in [2.24, 2.45) is 0 Å². The number of halogens is 2. The number of amides is 2. The summed E-state index contributed by atoms with van der Waals surface area (Å²) in [6.45, 7) is 1.78. The van der Waals surface area contributed by atoms with Crippen molar-refractivity contribution in [3.63, 3.8) is 0 Å². The number of hydrogen-bond donors (Lipinski definition) is 0. The SMILES string of the molecule is O=C(CN(Cc1ccco1)C(=O)c1ccccc1F)N1CCN(c2ccc(-c3ccc(F)cc3)nn2)CC1. The maximum Gasteiger partial charge on any atom is 0.257 e. The first-order valence-electron chi connectivity index (χ1n) is 12.2. The van der Waals surface area contributed by atoms with E-state index in [4.69, 9.17) is 4.42 Å². The molecule has 2 amide bonds. The Kier molecular flexibility index (Phi) is 7.39. The second-order valence-electron chi connectivity index (χ2n) is 8.87. The first-order valence-corrected chi connectivity index (χ1v) is 12.2. The van der Waals surface area contributed by atoms with Gasteiger partial charge in [0.05, 0.1) is 24.1 Å². The van der Waals surface area contributed by atoms with Gasteiger partial charge in [-0.3, -0.25) is 9.59 Å². The van der Waals surface area contributed by atoms with Crippen LogP contribution in [0.3, 0.4) is 0 Å². The number of hydrogen-bond acceptors (Lipinski definition) is 6. The number of carbonyl (C=O) groups is 2. The third-order valence-corrected chi connectivity index (χ3v) is 6.39. The monoisotopic (exact) mass is 517 g/mol. The molecule has 8 nitrogen and oxygen atoms in total. The Morgan fingerprint density at radius 1 is 0.868 bits per heavy atom. The van der Waals surface area contributed by atoms with Crippen molar-refractivity contribution in [1.29, 1.82) is 0 Å². The van der Waals surface area contributed by atoms with Gasteiger partial charge in [0, 0.05) is 31.7 Å². The van der Waals surface area contributed by atoms with Gasteiger partial charge in [-0.25, -0.2) is 8.78 Å². The number of aromatic nitrogens is 2. The van der Waals surface area contributed by atoms with Crippen LogP contribution < -0.4 is 4.90 Å². The molecule has 0 aliphatic carbocycles. The maximum atomic E-state index is 14.3. The van der Waals surface area contributed by atoms with Crippen molar-refractivity contribution < 1.29 is 22.8 Å². The maximum absolute atomic E-state index is 14.3. The molecule has 5 rings (SSSR count). The minimum atomic E-state index is -0.644. The fraction of sp³-hybridized carbons (Fsp3) is 0.214. The Labute approximate surface area is 218 Å². The van der Waals surface area contributed by atoms with Gasteiger partial charge in [-0.2, -0.15) is 0 Å². The van der Waals surface area contributed by atoms with E-state index in [1.54, 1.807) is 35.2 Å². The molecule has 1 fully saturated rings. The first kappa shape index (κ1) is 25.1. The summed E-state index contributed by atoms with van der Waals surface area (Å²) in [6, 6.07) is 18.8. The van der Waals surface area contributed by atoms with Gasteiger partial charge in [0.15, 0.2) is 5.82 Å². The van der Waals surface area contributed by atoms with Crippen molar-refractivity contribution in [3.05, 3.63) is 102 Å². The molecular formula is C28H25F2N5O3. The fourth-order valence-corrected chi connectivity index (χ4v) is 4.31. The van der Waals surface area contributed by atoms with Crippen LogP contribution in [0.5, 0.6) is 0 Å². The van der Waals surface area contributed by atoms with Crippen LogP contribution in [0, 0.1) is 11.6 Å². The molecule has 2 aromatic heterocycles. The zero-order valence-corrected chi connectivity index (χ0v) is 20.5. The van der Waals surface area contributed by atoms with Gasteiger partial charge >= 0.3 is 0 Å². The van der Waals surface area contributed by atoms with Crippen molar-refractivity contribution in [2.75, 3.05) is 37.6 Å². The largest absolute Gasteiger partial charge is 0.467 e. The molecule has 1 aliphatic heterocycles. The van der Waals surface area contributed by atoms with Crippen LogP contribution in [-0.2, 0) is 11.3 Å². The van der Waals surface area contributed by atoms with Crippen LogP contribution >= 0.6 is 0 Å². The Balaban J connectivity index is 1.21. The van der Waals surface area contributed by atoms with Crippen LogP contribution in [0.2, 0.25) is 0 Å². The highest BCUT2D eigenvalue weighted by atomic mass is 19.1. The Bertz CT molecular complexity index is 1390. The lowest BCUT2D eigenvalue weighted by atomic mass is 10.1. The molecule has 38 heavy (non-hydrogen) atoms. The fourth-order valence-electron chi connectivity index (χ4n) is 4.31. The molecule has 194 valence electrons. The number of anilines is 1. The molecule has 2 aromatic carbocycles. The average Bonchev–Trinajstić information content (AvgIpc) is 3.46. The number of carbonyl (C=O) groups excluding carboxylic acids is 2. The third-order valence-electron chi connectivity index (χ3n) is 6.39. The smallest absolute Gasteiger partial charge is 0.257 e. The highest BCUT2D eigenvalue weighted by molar-refractivity contribution is 5.96. The topological polar surface area (TPSA) is 82.8 Å². The standard InChI is InChI=1S/C28H25F2N5O3/c29-21-9-7-20(8-10-21)25-11-12-26(32-31-25)33-13-15-34(16-14-33)27(36)19-35(18-22-4-3-17-38-22)28(37)23-5-1-2-6-24(23)30/h1-12,17H,13-16,18-19H2. The Hall–Kier alpha value is -4.60. The predicted molar refractivity (Wildman–Crippen MR) is 136 cm³/mol. The third kappa shape index (κ3) is 5.69. The van der Waals surface area contributed by atoms with Gasteiger partial charge in [-0.05, 0) is 60.7 Å². The zero-order valence-electron chi connectivity index (χ0n) is 20.5. The number of benzene rings is 2. The van der Waals surface area contributed by atoms with Crippen molar-refractivity contribution in [1.82, 2.24) is 20.0 Å². The number of piperazine rings is 1. The van der Waals surface area contributed by atoms with E-state index in [9.17, 15) is 18.4 Å². The van der Waals surface area contributed by atoms with Crippen LogP contribution in [0.25, 0.3) is 11.3 Å². The summed E-state index contributed by atoms with van der Waals surface area (Å²) < 4.78 is 32.9. The summed E-state index contributed by atoms with van der Waals surface area (Å²) in [4.78, 5) is 31.3. The summed E-state index contributed by atoms with van der Waals surface area (Å²) in [5, 5.41) is 8.57. The van der Waals surface area contributed by atoms with E-state index < -0.39 is 11.7 Å². The van der Waals surface area contributed by atoms with E-state index in [0.29, 0.717) is 43.5 Å². The normalized spacial score (nSPS) is 13.4. The molecule has 0 spiro atoms. The molecule has 10 heteroatoms. The van der Waals surface area contributed by atoms with E-state index in [2.05, 4.69) is 10.2 Å². The summed E-state index contributed by atoms with van der Waals surface area (Å²) >= 11 is 0. The second kappa shape index (κ2) is 11.2. The zero-order chi connectivity index (χ0) is 26.5. The van der Waals surface area contributed by atoms with Gasteiger partial charge in [-0.15, -0.1) is 10.2 Å². The van der Waals surface area contributed by atoms with Gasteiger partial charge < -0.3 is 19.1 Å². The molecule has 0 N–H and O–H groups in total. The molecule has 4 aromatic rings. The minimum absolute atomic E-state index is 0.0435. The van der Waals surface area contributed by atoms with E-state index in [0.717, 1.165) is 5.56 Å². The lowest BCUT2D eigenvalue weighted by molar-refractivity contribution is -0.132. The average molecular weight is 518 g/mol. The summed E-state index contributed by atoms with van der Waals surface area (Å²) in [7, 11) is 0. The van der Waals surface area contributed by atoms with Crippen LogP contribution in [0.15, 0.2) is 83.5 Å². The highest BCUT2D eigenvalue weighted by Crippen LogP contribution is 2.20. The molecule has 0 unspecified atom stereocenters. The van der Waals surface area contributed by atoms with Gasteiger partial charge in [-0.1, -0.05) is 12.1 Å². The van der Waals surface area contributed by atoms with E-state index in [-0.39, 0.29) is 30.4 Å². The quantitative estimate of drug-likeness (QED) is 0.369. The summed E-state index contributed by atoms with van der Waals surface area (Å²) in [5.74, 6) is -0.602. The van der Waals surface area contributed by atoms with Crippen molar-refractivity contribution in [3.8, 4) is 11.3 Å². The van der Waals surface area contributed by atoms with Crippen LogP contribution in [0.1, 0.15) is 16.1 Å². The molecule has 1 aliphatic rings. The van der Waals surface area contributed by atoms with Gasteiger partial charge in [0.25, 0.3) is 5.91 Å². The summed E-state index contributed by atoms with van der Waals surface area (Å²) in [5.41, 5.74) is 1.31. The predicted octanol–water partition coefficient (Wildman–Crippen LogP) is 4.01. The Morgan fingerprint density at radius 2 is 1.63 bits per heavy atom.